The largest absolute Gasteiger partial charge is 0.372 e. The molecule has 0 aliphatic carbocycles. The van der Waals surface area contributed by atoms with Gasteiger partial charge in [-0.25, -0.2) is 0 Å². The molecule has 100 valence electrons. The van der Waals surface area contributed by atoms with Gasteiger partial charge in [-0.05, 0) is 33.2 Å². The highest BCUT2D eigenvalue weighted by molar-refractivity contribution is 5.85. The van der Waals surface area contributed by atoms with Crippen molar-refractivity contribution in [3.05, 3.63) is 0 Å². The summed E-state index contributed by atoms with van der Waals surface area (Å²) in [5.74, 6) is 0.265. The summed E-state index contributed by atoms with van der Waals surface area (Å²) in [4.78, 5) is 14.2. The van der Waals surface area contributed by atoms with E-state index in [0.717, 1.165) is 26.1 Å². The fourth-order valence-electron chi connectivity index (χ4n) is 2.64. The lowest BCUT2D eigenvalue weighted by atomic mass is 10.0. The number of ether oxygens (including phenoxy) is 1. The third-order valence-electron chi connectivity index (χ3n) is 3.34. The molecule has 3 unspecified atom stereocenters. The highest BCUT2D eigenvalue weighted by atomic mass is 35.5. The molecular weight excluding hydrogens is 240 g/mol. The Bertz CT molecular complexity index is 247. The van der Waals surface area contributed by atoms with E-state index >= 15 is 0 Å². The van der Waals surface area contributed by atoms with Crippen LogP contribution in [0.4, 0.5) is 0 Å². The molecule has 2 aliphatic heterocycles. The van der Waals surface area contributed by atoms with Crippen molar-refractivity contribution in [2.24, 2.45) is 0 Å². The van der Waals surface area contributed by atoms with Crippen molar-refractivity contribution in [2.45, 2.75) is 51.4 Å². The Morgan fingerprint density at radius 2 is 1.88 bits per heavy atom. The van der Waals surface area contributed by atoms with Crippen molar-refractivity contribution >= 4 is 18.3 Å². The molecule has 4 nitrogen and oxygen atoms in total. The van der Waals surface area contributed by atoms with Crippen LogP contribution < -0.4 is 5.32 Å². The quantitative estimate of drug-likeness (QED) is 0.772. The maximum atomic E-state index is 12.3. The fraction of sp³-hybridized carbons (Fsp3) is 0.917. The van der Waals surface area contributed by atoms with Gasteiger partial charge in [0.05, 0.1) is 18.2 Å². The molecule has 1 amide bonds. The number of amides is 1. The first-order chi connectivity index (χ1) is 7.66. The van der Waals surface area contributed by atoms with E-state index in [0.29, 0.717) is 0 Å². The summed E-state index contributed by atoms with van der Waals surface area (Å²) in [5, 5.41) is 3.31. The van der Waals surface area contributed by atoms with Crippen molar-refractivity contribution < 1.29 is 9.53 Å². The molecule has 0 radical (unpaired) electrons. The number of hydrogen-bond acceptors (Lipinski definition) is 3. The first-order valence-electron chi connectivity index (χ1n) is 6.34. The molecule has 0 spiro atoms. The van der Waals surface area contributed by atoms with Crippen LogP contribution in [-0.2, 0) is 9.53 Å². The van der Waals surface area contributed by atoms with E-state index in [1.54, 1.807) is 0 Å². The van der Waals surface area contributed by atoms with Gasteiger partial charge in [0.15, 0.2) is 0 Å². The standard InChI is InChI=1S/C12H22N2O2.ClH/c1-9-7-14(8-10(2)16-9)12(15)11-5-3-4-6-13-11;/h9-11,13H,3-8H2,1-2H3;1H. The number of carbonyl (C=O) groups is 1. The van der Waals surface area contributed by atoms with E-state index in [2.05, 4.69) is 5.32 Å². The predicted molar refractivity (Wildman–Crippen MR) is 69.5 cm³/mol. The molecule has 1 N–H and O–H groups in total. The Balaban J connectivity index is 0.00000144. The summed E-state index contributed by atoms with van der Waals surface area (Å²) in [6.07, 6.45) is 3.67. The first kappa shape index (κ1) is 14.7. The summed E-state index contributed by atoms with van der Waals surface area (Å²) < 4.78 is 5.64. The maximum Gasteiger partial charge on any atom is 0.239 e. The van der Waals surface area contributed by atoms with Gasteiger partial charge >= 0.3 is 0 Å². The van der Waals surface area contributed by atoms with Crippen LogP contribution >= 0.6 is 12.4 Å². The Kier molecular flexibility index (Phi) is 5.70. The van der Waals surface area contributed by atoms with E-state index in [9.17, 15) is 4.79 Å². The van der Waals surface area contributed by atoms with Crippen LogP contribution in [0, 0.1) is 0 Å². The van der Waals surface area contributed by atoms with E-state index in [1.165, 1.54) is 12.8 Å². The van der Waals surface area contributed by atoms with E-state index in [1.807, 2.05) is 18.7 Å². The molecule has 2 aliphatic rings. The molecule has 2 fully saturated rings. The highest BCUT2D eigenvalue weighted by Gasteiger charge is 2.30. The Morgan fingerprint density at radius 3 is 2.41 bits per heavy atom. The van der Waals surface area contributed by atoms with Crippen LogP contribution in [0.1, 0.15) is 33.1 Å². The predicted octanol–water partition coefficient (Wildman–Crippen LogP) is 1.19. The fourth-order valence-corrected chi connectivity index (χ4v) is 2.64. The van der Waals surface area contributed by atoms with Crippen LogP contribution in [0.3, 0.4) is 0 Å². The highest BCUT2D eigenvalue weighted by Crippen LogP contribution is 2.15. The number of morpholine rings is 1. The van der Waals surface area contributed by atoms with Gasteiger partial charge in [-0.15, -0.1) is 12.4 Å². The average Bonchev–Trinajstić information content (AvgIpc) is 2.28. The molecule has 2 rings (SSSR count). The lowest BCUT2D eigenvalue weighted by molar-refractivity contribution is -0.145. The summed E-state index contributed by atoms with van der Waals surface area (Å²) in [5.41, 5.74) is 0. The molecular formula is C12H23ClN2O2. The second kappa shape index (κ2) is 6.57. The van der Waals surface area contributed by atoms with Crippen molar-refractivity contribution in [3.63, 3.8) is 0 Å². The van der Waals surface area contributed by atoms with Crippen LogP contribution in [-0.4, -0.2) is 48.7 Å². The molecule has 5 heteroatoms. The van der Waals surface area contributed by atoms with E-state index in [4.69, 9.17) is 4.74 Å². The van der Waals surface area contributed by atoms with Crippen molar-refractivity contribution in [1.82, 2.24) is 10.2 Å². The van der Waals surface area contributed by atoms with Crippen LogP contribution in [0.15, 0.2) is 0 Å². The normalized spacial score (nSPS) is 34.0. The van der Waals surface area contributed by atoms with Crippen molar-refractivity contribution in [3.8, 4) is 0 Å². The number of piperidine rings is 1. The van der Waals surface area contributed by atoms with Gasteiger partial charge in [0.25, 0.3) is 0 Å². The Hall–Kier alpha value is -0.320. The van der Waals surface area contributed by atoms with Crippen LogP contribution in [0.5, 0.6) is 0 Å². The molecule has 2 saturated heterocycles. The smallest absolute Gasteiger partial charge is 0.239 e. The zero-order valence-corrected chi connectivity index (χ0v) is 11.5. The van der Waals surface area contributed by atoms with Crippen LogP contribution in [0.2, 0.25) is 0 Å². The number of halogens is 1. The molecule has 17 heavy (non-hydrogen) atoms. The van der Waals surface area contributed by atoms with Gasteiger partial charge in [0.1, 0.15) is 0 Å². The number of nitrogens with one attached hydrogen (secondary N) is 1. The first-order valence-corrected chi connectivity index (χ1v) is 6.34. The number of hydrogen-bond donors (Lipinski definition) is 1. The van der Waals surface area contributed by atoms with Gasteiger partial charge in [-0.3, -0.25) is 4.79 Å². The SMILES string of the molecule is CC1CN(C(=O)C2CCCCN2)CC(C)O1.Cl. The van der Waals surface area contributed by atoms with Crippen molar-refractivity contribution in [1.29, 1.82) is 0 Å². The minimum absolute atomic E-state index is 0. The Labute approximate surface area is 109 Å². The molecule has 0 aromatic rings. The summed E-state index contributed by atoms with van der Waals surface area (Å²) in [6.45, 7) is 6.52. The molecule has 0 aromatic heterocycles. The van der Waals surface area contributed by atoms with Crippen LogP contribution in [0.25, 0.3) is 0 Å². The summed E-state index contributed by atoms with van der Waals surface area (Å²) in [6, 6.07) is 0.0475. The minimum atomic E-state index is 0. The van der Waals surface area contributed by atoms with Gasteiger partial charge in [-0.2, -0.15) is 0 Å². The number of nitrogens with zero attached hydrogens (tertiary/aromatic N) is 1. The molecule has 0 saturated carbocycles. The minimum Gasteiger partial charge on any atom is -0.372 e. The van der Waals surface area contributed by atoms with Crippen molar-refractivity contribution in [2.75, 3.05) is 19.6 Å². The average molecular weight is 263 g/mol. The lowest BCUT2D eigenvalue weighted by Crippen LogP contribution is -2.55. The monoisotopic (exact) mass is 262 g/mol. The third-order valence-corrected chi connectivity index (χ3v) is 3.34. The number of carbonyl (C=O) groups excluding carboxylic acids is 1. The zero-order chi connectivity index (χ0) is 11.5. The third kappa shape index (κ3) is 3.83. The zero-order valence-electron chi connectivity index (χ0n) is 10.6. The number of rotatable bonds is 1. The summed E-state index contributed by atoms with van der Waals surface area (Å²) in [7, 11) is 0. The Morgan fingerprint density at radius 1 is 1.24 bits per heavy atom. The second-order valence-electron chi connectivity index (χ2n) is 5.00. The maximum absolute atomic E-state index is 12.3. The topological polar surface area (TPSA) is 41.6 Å². The van der Waals surface area contributed by atoms with Gasteiger partial charge in [0, 0.05) is 13.1 Å². The second-order valence-corrected chi connectivity index (χ2v) is 5.00. The van der Waals surface area contributed by atoms with E-state index in [-0.39, 0.29) is 36.6 Å². The summed E-state index contributed by atoms with van der Waals surface area (Å²) >= 11 is 0. The van der Waals surface area contributed by atoms with Gasteiger partial charge < -0.3 is 15.0 Å². The van der Waals surface area contributed by atoms with Gasteiger partial charge in [0.2, 0.25) is 5.91 Å². The van der Waals surface area contributed by atoms with Gasteiger partial charge in [-0.1, -0.05) is 6.42 Å². The molecule has 0 aromatic carbocycles. The van der Waals surface area contributed by atoms with E-state index < -0.39 is 0 Å². The molecule has 3 atom stereocenters. The molecule has 0 bridgehead atoms. The molecule has 2 heterocycles. The lowest BCUT2D eigenvalue weighted by Gasteiger charge is -2.38.